The molecule has 0 spiro atoms. The van der Waals surface area contributed by atoms with Crippen LogP contribution in [0.15, 0.2) is 35.2 Å². The third-order valence-corrected chi connectivity index (χ3v) is 6.03. The van der Waals surface area contributed by atoms with Crippen LogP contribution in [-0.4, -0.2) is 47.1 Å². The Morgan fingerprint density at radius 3 is 2.76 bits per heavy atom. The smallest absolute Gasteiger partial charge is 0.119 e. The second-order valence-electron chi connectivity index (χ2n) is 7.28. The van der Waals surface area contributed by atoms with Crippen molar-refractivity contribution in [2.45, 2.75) is 38.9 Å². The van der Waals surface area contributed by atoms with Gasteiger partial charge in [-0.05, 0) is 43.4 Å². The van der Waals surface area contributed by atoms with Gasteiger partial charge in [0.1, 0.15) is 5.75 Å². The summed E-state index contributed by atoms with van der Waals surface area (Å²) in [7, 11) is 0. The van der Waals surface area contributed by atoms with Crippen molar-refractivity contribution in [2.75, 3.05) is 26.2 Å². The normalized spacial score (nSPS) is 24.4. The van der Waals surface area contributed by atoms with E-state index in [9.17, 15) is 0 Å². The molecule has 3 aliphatic rings. The van der Waals surface area contributed by atoms with Gasteiger partial charge in [0.2, 0.25) is 0 Å². The van der Waals surface area contributed by atoms with E-state index in [0.29, 0.717) is 6.04 Å². The maximum absolute atomic E-state index is 5.56. The van der Waals surface area contributed by atoms with E-state index in [-0.39, 0.29) is 0 Å². The molecule has 0 amide bonds. The summed E-state index contributed by atoms with van der Waals surface area (Å²) in [6.45, 7) is 8.43. The molecule has 5 rings (SSSR count). The summed E-state index contributed by atoms with van der Waals surface area (Å²) in [4.78, 5) is 9.79. The maximum Gasteiger partial charge on any atom is 0.119 e. The molecular weight excluding hydrogens is 330 g/mol. The topological polar surface area (TPSA) is 28.6 Å². The Hall–Kier alpha value is -1.43. The van der Waals surface area contributed by atoms with Gasteiger partial charge in [-0.25, -0.2) is 4.98 Å². The summed E-state index contributed by atoms with van der Waals surface area (Å²) in [6.07, 6.45) is 2.70. The first-order chi connectivity index (χ1) is 12.3. The fraction of sp³-hybridized carbons (Fsp3) is 0.550. The van der Waals surface area contributed by atoms with Gasteiger partial charge >= 0.3 is 0 Å². The Labute approximate surface area is 154 Å². The van der Waals surface area contributed by atoms with Gasteiger partial charge in [-0.1, -0.05) is 12.1 Å². The predicted molar refractivity (Wildman–Crippen MR) is 102 cm³/mol. The molecule has 0 N–H and O–H groups in total. The molecule has 25 heavy (non-hydrogen) atoms. The Morgan fingerprint density at radius 1 is 1.12 bits per heavy atom. The number of rotatable bonds is 6. The van der Waals surface area contributed by atoms with Crippen LogP contribution in [0.25, 0.3) is 0 Å². The van der Waals surface area contributed by atoms with Crippen molar-refractivity contribution in [1.29, 1.82) is 0 Å². The molecule has 2 aromatic rings. The van der Waals surface area contributed by atoms with Gasteiger partial charge in [-0.2, -0.15) is 0 Å². The Balaban J connectivity index is 1.40. The van der Waals surface area contributed by atoms with Crippen molar-refractivity contribution in [3.63, 3.8) is 0 Å². The lowest BCUT2D eigenvalue weighted by Gasteiger charge is -2.36. The number of benzene rings is 1. The second-order valence-corrected chi connectivity index (χ2v) is 8.00. The number of ether oxygens (including phenoxy) is 1. The summed E-state index contributed by atoms with van der Waals surface area (Å²) in [5, 5.41) is 2.19. The average molecular weight is 358 g/mol. The third-order valence-electron chi connectivity index (χ3n) is 5.39. The van der Waals surface area contributed by atoms with E-state index in [0.717, 1.165) is 31.4 Å². The zero-order valence-electron chi connectivity index (χ0n) is 14.9. The summed E-state index contributed by atoms with van der Waals surface area (Å²) in [5.41, 5.74) is 4.56. The van der Waals surface area contributed by atoms with Gasteiger partial charge < -0.3 is 4.74 Å². The van der Waals surface area contributed by atoms with E-state index in [4.69, 9.17) is 4.74 Å². The number of nitrogens with zero attached hydrogens (tertiary/aromatic N) is 3. The molecule has 4 nitrogen and oxygen atoms in total. The largest absolute Gasteiger partial charge is 0.494 e. The molecule has 0 saturated carbocycles. The molecule has 0 unspecified atom stereocenters. The van der Waals surface area contributed by atoms with Crippen LogP contribution in [0.1, 0.15) is 31.0 Å². The minimum atomic E-state index is 0.670. The monoisotopic (exact) mass is 357 g/mol. The minimum absolute atomic E-state index is 0.670. The second kappa shape index (κ2) is 7.85. The zero-order chi connectivity index (χ0) is 17.1. The first-order valence-electron chi connectivity index (χ1n) is 9.35. The lowest BCUT2D eigenvalue weighted by molar-refractivity contribution is 0.123. The molecule has 2 bridgehead atoms. The molecule has 2 atom stereocenters. The first kappa shape index (κ1) is 17.0. The van der Waals surface area contributed by atoms with E-state index in [2.05, 4.69) is 44.4 Å². The first-order valence-corrected chi connectivity index (χ1v) is 10.3. The Bertz CT molecular complexity index is 658. The molecule has 3 aliphatic heterocycles. The number of aromatic nitrogens is 1. The highest BCUT2D eigenvalue weighted by Crippen LogP contribution is 2.30. The summed E-state index contributed by atoms with van der Waals surface area (Å²) in [5.74, 6) is 1.76. The molecule has 134 valence electrons. The van der Waals surface area contributed by atoms with Crippen LogP contribution in [0, 0.1) is 5.92 Å². The highest BCUT2D eigenvalue weighted by atomic mass is 32.1. The van der Waals surface area contributed by atoms with E-state index in [1.807, 2.05) is 12.4 Å². The SMILES string of the molecule is CCOc1ccc(CN2C[C@H]3CC[C@@H]2CN(Cc2cscn2)C3)cc1. The molecule has 1 aromatic carbocycles. The van der Waals surface area contributed by atoms with Gasteiger partial charge in [0.25, 0.3) is 0 Å². The van der Waals surface area contributed by atoms with E-state index in [1.54, 1.807) is 11.3 Å². The van der Waals surface area contributed by atoms with Gasteiger partial charge in [-0.3, -0.25) is 9.80 Å². The van der Waals surface area contributed by atoms with E-state index in [1.165, 1.54) is 43.7 Å². The van der Waals surface area contributed by atoms with Crippen molar-refractivity contribution in [2.24, 2.45) is 5.92 Å². The Kier molecular flexibility index (Phi) is 5.34. The summed E-state index contributed by atoms with van der Waals surface area (Å²) >= 11 is 1.70. The van der Waals surface area contributed by atoms with Crippen molar-refractivity contribution >= 4 is 11.3 Å². The highest BCUT2D eigenvalue weighted by Gasteiger charge is 2.34. The van der Waals surface area contributed by atoms with Gasteiger partial charge in [-0.15, -0.1) is 11.3 Å². The van der Waals surface area contributed by atoms with E-state index < -0.39 is 0 Å². The van der Waals surface area contributed by atoms with Crippen LogP contribution in [0.4, 0.5) is 0 Å². The van der Waals surface area contributed by atoms with Crippen molar-refractivity contribution in [3.05, 3.63) is 46.4 Å². The summed E-state index contributed by atoms with van der Waals surface area (Å²) < 4.78 is 5.56. The van der Waals surface area contributed by atoms with Crippen molar-refractivity contribution in [1.82, 2.24) is 14.8 Å². The molecule has 0 aliphatic carbocycles. The number of hydrogen-bond donors (Lipinski definition) is 0. The predicted octanol–water partition coefficient (Wildman–Crippen LogP) is 3.64. The van der Waals surface area contributed by atoms with Crippen LogP contribution in [0.2, 0.25) is 0 Å². The van der Waals surface area contributed by atoms with Crippen molar-refractivity contribution in [3.8, 4) is 5.75 Å². The number of hydrogen-bond acceptors (Lipinski definition) is 5. The van der Waals surface area contributed by atoms with Crippen LogP contribution >= 0.6 is 11.3 Å². The van der Waals surface area contributed by atoms with Crippen LogP contribution in [0.5, 0.6) is 5.75 Å². The molecule has 3 saturated heterocycles. The molecule has 5 heteroatoms. The fourth-order valence-electron chi connectivity index (χ4n) is 4.24. The molecular formula is C20H27N3OS. The van der Waals surface area contributed by atoms with E-state index >= 15 is 0 Å². The molecule has 3 fully saturated rings. The third kappa shape index (κ3) is 4.22. The van der Waals surface area contributed by atoms with Gasteiger partial charge in [0.15, 0.2) is 0 Å². The molecule has 0 radical (unpaired) electrons. The van der Waals surface area contributed by atoms with Gasteiger partial charge in [0.05, 0.1) is 17.8 Å². The lowest BCUT2D eigenvalue weighted by atomic mass is 9.94. The fourth-order valence-corrected chi connectivity index (χ4v) is 4.79. The Morgan fingerprint density at radius 2 is 2.00 bits per heavy atom. The standard InChI is InChI=1S/C20H27N3OS/c1-2-24-20-7-4-16(5-8-20)10-23-11-17-3-6-19(23)13-22(9-17)12-18-14-25-15-21-18/h4-5,7-8,14-15,17,19H,2-3,6,9-13H2,1H3/t17-,19+/m0/s1. The quantitative estimate of drug-likeness (QED) is 0.789. The van der Waals surface area contributed by atoms with Crippen molar-refractivity contribution < 1.29 is 4.74 Å². The average Bonchev–Trinajstić information content (AvgIpc) is 2.97. The maximum atomic E-state index is 5.56. The van der Waals surface area contributed by atoms with Gasteiger partial charge in [0, 0.05) is 44.1 Å². The molecule has 1 aromatic heterocycles. The van der Waals surface area contributed by atoms with Crippen LogP contribution in [-0.2, 0) is 13.1 Å². The highest BCUT2D eigenvalue weighted by molar-refractivity contribution is 7.07. The lowest BCUT2D eigenvalue weighted by Crippen LogP contribution is -2.43. The van der Waals surface area contributed by atoms with Crippen LogP contribution in [0.3, 0.4) is 0 Å². The van der Waals surface area contributed by atoms with Crippen LogP contribution < -0.4 is 4.74 Å². The number of thiazole rings is 1. The number of piperidine rings is 1. The number of fused-ring (bicyclic) bond motifs is 4. The molecule has 4 heterocycles. The summed E-state index contributed by atoms with van der Waals surface area (Å²) in [6, 6.07) is 9.31. The zero-order valence-corrected chi connectivity index (χ0v) is 15.8. The minimum Gasteiger partial charge on any atom is -0.494 e.